The van der Waals surface area contributed by atoms with Crippen LogP contribution in [0.1, 0.15) is 6.42 Å². The van der Waals surface area contributed by atoms with Crippen molar-refractivity contribution in [3.8, 4) is 0 Å². The molecule has 0 aliphatic carbocycles. The summed E-state index contributed by atoms with van der Waals surface area (Å²) >= 11 is 9.27. The van der Waals surface area contributed by atoms with Crippen molar-refractivity contribution in [2.24, 2.45) is 0 Å². The maximum absolute atomic E-state index is 11.9. The van der Waals surface area contributed by atoms with Gasteiger partial charge in [0.05, 0.1) is 0 Å². The first-order valence-corrected chi connectivity index (χ1v) is 7.99. The first-order valence-electron chi connectivity index (χ1n) is 4.07. The zero-order valence-corrected chi connectivity index (χ0v) is 10.4. The van der Waals surface area contributed by atoms with E-state index in [1.807, 2.05) is 30.3 Å². The second kappa shape index (κ2) is 5.19. The molecule has 0 saturated carbocycles. The van der Waals surface area contributed by atoms with Crippen LogP contribution >= 0.6 is 33.7 Å². The third kappa shape index (κ3) is 3.46. The zero-order chi connectivity index (χ0) is 9.73. The summed E-state index contributed by atoms with van der Waals surface area (Å²) in [5.41, 5.74) is 0. The van der Waals surface area contributed by atoms with E-state index >= 15 is 0 Å². The highest BCUT2D eigenvalue weighted by atomic mass is 79.9. The largest absolute Gasteiger partial charge is 0.302 e. The topological polar surface area (TPSA) is 17.1 Å². The second-order valence-electron chi connectivity index (χ2n) is 2.75. The molecule has 4 heteroatoms. The first-order chi connectivity index (χ1) is 6.17. The van der Waals surface area contributed by atoms with Crippen LogP contribution < -0.4 is 5.30 Å². The summed E-state index contributed by atoms with van der Waals surface area (Å²) in [5, 5.41) is 1.61. The Labute approximate surface area is 91.8 Å². The van der Waals surface area contributed by atoms with Crippen LogP contribution in [0.5, 0.6) is 0 Å². The average molecular weight is 282 g/mol. The van der Waals surface area contributed by atoms with Gasteiger partial charge in [-0.3, -0.25) is 0 Å². The van der Waals surface area contributed by atoms with Crippen molar-refractivity contribution in [1.82, 2.24) is 0 Å². The van der Waals surface area contributed by atoms with Gasteiger partial charge in [0, 0.05) is 16.8 Å². The number of hydrogen-bond acceptors (Lipinski definition) is 1. The summed E-state index contributed by atoms with van der Waals surface area (Å²) in [6, 6.07) is 9.26. The van der Waals surface area contributed by atoms with E-state index in [-0.39, 0.29) is 0 Å². The normalized spacial score (nSPS) is 15.2. The standard InChI is InChI=1S/C9H11BrClOP/c10-7-4-8-13(11,12)9-5-2-1-3-6-9/h1-3,5-6H,4,7-8H2. The molecule has 1 aromatic carbocycles. The fourth-order valence-electron chi connectivity index (χ4n) is 1.04. The maximum atomic E-state index is 11.9. The summed E-state index contributed by atoms with van der Waals surface area (Å²) in [6.07, 6.45) is 1.40. The Morgan fingerprint density at radius 1 is 1.31 bits per heavy atom. The summed E-state index contributed by atoms with van der Waals surface area (Å²) in [5.74, 6) is 0. The highest BCUT2D eigenvalue weighted by Crippen LogP contribution is 2.50. The molecule has 0 fully saturated rings. The molecule has 0 amide bonds. The molecule has 0 aromatic heterocycles. The minimum atomic E-state index is -2.62. The van der Waals surface area contributed by atoms with Crippen LogP contribution in [0.2, 0.25) is 0 Å². The van der Waals surface area contributed by atoms with Gasteiger partial charge in [-0.15, -0.1) is 0 Å². The van der Waals surface area contributed by atoms with Gasteiger partial charge in [0.25, 0.3) is 0 Å². The van der Waals surface area contributed by atoms with Gasteiger partial charge in [-0.2, -0.15) is 0 Å². The van der Waals surface area contributed by atoms with E-state index in [9.17, 15) is 4.57 Å². The molecular weight excluding hydrogens is 270 g/mol. The van der Waals surface area contributed by atoms with E-state index in [1.165, 1.54) is 0 Å². The molecule has 0 aliphatic heterocycles. The number of benzene rings is 1. The lowest BCUT2D eigenvalue weighted by Crippen LogP contribution is -2.02. The molecule has 0 radical (unpaired) electrons. The molecule has 1 atom stereocenters. The lowest BCUT2D eigenvalue weighted by Gasteiger charge is -2.09. The van der Waals surface area contributed by atoms with E-state index in [4.69, 9.17) is 11.2 Å². The molecule has 13 heavy (non-hydrogen) atoms. The van der Waals surface area contributed by atoms with Crippen molar-refractivity contribution in [3.05, 3.63) is 30.3 Å². The van der Waals surface area contributed by atoms with E-state index in [0.29, 0.717) is 6.16 Å². The third-order valence-electron chi connectivity index (χ3n) is 1.72. The monoisotopic (exact) mass is 280 g/mol. The fraction of sp³-hybridized carbons (Fsp3) is 0.333. The Balaban J connectivity index is 2.76. The molecule has 0 heterocycles. The van der Waals surface area contributed by atoms with Gasteiger partial charge in [0.1, 0.15) is 0 Å². The highest BCUT2D eigenvalue weighted by molar-refractivity contribution is 9.09. The van der Waals surface area contributed by atoms with Crippen LogP contribution in [-0.2, 0) is 4.57 Å². The number of halogens is 2. The van der Waals surface area contributed by atoms with Crippen molar-refractivity contribution < 1.29 is 4.57 Å². The van der Waals surface area contributed by atoms with Crippen molar-refractivity contribution in [1.29, 1.82) is 0 Å². The second-order valence-corrected chi connectivity index (χ2v) is 7.45. The lowest BCUT2D eigenvalue weighted by molar-refractivity contribution is 0.589. The molecule has 1 unspecified atom stereocenters. The maximum Gasteiger partial charge on any atom is 0.197 e. The molecule has 0 aliphatic rings. The molecule has 0 saturated heterocycles. The van der Waals surface area contributed by atoms with Gasteiger partial charge < -0.3 is 4.57 Å². The predicted molar refractivity (Wildman–Crippen MR) is 62.8 cm³/mol. The van der Waals surface area contributed by atoms with Crippen molar-refractivity contribution in [2.75, 3.05) is 11.5 Å². The van der Waals surface area contributed by atoms with Crippen LogP contribution in [-0.4, -0.2) is 11.5 Å². The fourth-order valence-corrected chi connectivity index (χ4v) is 3.89. The number of hydrogen-bond donors (Lipinski definition) is 0. The lowest BCUT2D eigenvalue weighted by atomic mass is 10.4. The minimum absolute atomic E-state index is 0.559. The van der Waals surface area contributed by atoms with Crippen molar-refractivity contribution in [2.45, 2.75) is 6.42 Å². The summed E-state index contributed by atoms with van der Waals surface area (Å²) in [7, 11) is 0. The van der Waals surface area contributed by atoms with Crippen LogP contribution in [0, 0.1) is 0 Å². The van der Waals surface area contributed by atoms with Gasteiger partial charge in [-0.1, -0.05) is 46.3 Å². The Bertz CT molecular complexity index is 302. The van der Waals surface area contributed by atoms with E-state index in [2.05, 4.69) is 15.9 Å². The number of alkyl halides is 1. The molecule has 0 bridgehead atoms. The van der Waals surface area contributed by atoms with Gasteiger partial charge >= 0.3 is 0 Å². The first kappa shape index (κ1) is 11.3. The van der Waals surface area contributed by atoms with Gasteiger partial charge in [-0.25, -0.2) is 0 Å². The van der Waals surface area contributed by atoms with E-state index < -0.39 is 6.49 Å². The predicted octanol–water partition coefficient (Wildman–Crippen LogP) is 3.61. The highest BCUT2D eigenvalue weighted by Gasteiger charge is 2.19. The molecule has 0 spiro atoms. The zero-order valence-electron chi connectivity index (χ0n) is 7.12. The SMILES string of the molecule is O=P(Cl)(CCCBr)c1ccccc1. The Kier molecular flexibility index (Phi) is 4.51. The van der Waals surface area contributed by atoms with Gasteiger partial charge in [-0.05, 0) is 17.7 Å². The van der Waals surface area contributed by atoms with Crippen molar-refractivity contribution >= 4 is 39.0 Å². The quantitative estimate of drug-likeness (QED) is 0.608. The summed E-state index contributed by atoms with van der Waals surface area (Å²) < 4.78 is 11.9. The smallest absolute Gasteiger partial charge is 0.197 e. The Hall–Kier alpha value is 0.220. The molecule has 1 aromatic rings. The van der Waals surface area contributed by atoms with E-state index in [1.54, 1.807) is 0 Å². The minimum Gasteiger partial charge on any atom is -0.302 e. The number of rotatable bonds is 4. The molecule has 1 rings (SSSR count). The Morgan fingerprint density at radius 3 is 2.46 bits per heavy atom. The molecular formula is C9H11BrClOP. The third-order valence-corrected chi connectivity index (χ3v) is 5.34. The Morgan fingerprint density at radius 2 is 1.92 bits per heavy atom. The van der Waals surface area contributed by atoms with Crippen LogP contribution in [0.25, 0.3) is 0 Å². The molecule has 1 nitrogen and oxygen atoms in total. The molecule has 0 N–H and O–H groups in total. The van der Waals surface area contributed by atoms with Crippen molar-refractivity contribution in [3.63, 3.8) is 0 Å². The van der Waals surface area contributed by atoms with Crippen LogP contribution in [0.15, 0.2) is 30.3 Å². The molecule has 72 valence electrons. The van der Waals surface area contributed by atoms with Crippen LogP contribution in [0.3, 0.4) is 0 Å². The summed E-state index contributed by atoms with van der Waals surface area (Å²) in [4.78, 5) is 0. The van der Waals surface area contributed by atoms with Crippen LogP contribution in [0.4, 0.5) is 0 Å². The van der Waals surface area contributed by atoms with Gasteiger partial charge in [0.15, 0.2) is 6.49 Å². The van der Waals surface area contributed by atoms with E-state index in [0.717, 1.165) is 17.1 Å². The average Bonchev–Trinajstić information content (AvgIpc) is 2.16. The summed E-state index contributed by atoms with van der Waals surface area (Å²) in [6.45, 7) is -2.62. The van der Waals surface area contributed by atoms with Gasteiger partial charge in [0.2, 0.25) is 0 Å².